The van der Waals surface area contributed by atoms with Gasteiger partial charge in [-0.1, -0.05) is 97.2 Å². The maximum Gasteiger partial charge on any atom is 0.377 e. The summed E-state index contributed by atoms with van der Waals surface area (Å²) in [4.78, 5) is 23.2. The first kappa shape index (κ1) is 29.6. The topological polar surface area (TPSA) is 124 Å². The Morgan fingerprint density at radius 2 is 1.33 bits per heavy atom. The fourth-order valence-electron chi connectivity index (χ4n) is 3.98. The number of carbonyl (C=O) groups is 2. The molecule has 0 radical (unpaired) electrons. The lowest BCUT2D eigenvalue weighted by molar-refractivity contribution is -0.154. The first-order chi connectivity index (χ1) is 15.5. The highest BCUT2D eigenvalue weighted by Gasteiger charge is 2.43. The molecule has 192 valence electrons. The van der Waals surface area contributed by atoms with Gasteiger partial charge in [0.1, 0.15) is 12.2 Å². The van der Waals surface area contributed by atoms with Gasteiger partial charge in [0.05, 0.1) is 0 Å². The quantitative estimate of drug-likeness (QED) is 0.117. The van der Waals surface area contributed by atoms with Crippen molar-refractivity contribution in [3.05, 3.63) is 11.5 Å². The van der Waals surface area contributed by atoms with E-state index >= 15 is 0 Å². The SMILES string of the molecule is CC(CCCCCCCCCCCCCC(=O)C(O)[C@H](O)[C@H]1OC(=O)C(O)=C1O)[Si](C)(C)C. The zero-order valence-electron chi connectivity index (χ0n) is 21.0. The van der Waals surface area contributed by atoms with Gasteiger partial charge in [0.25, 0.3) is 0 Å². The Morgan fingerprint density at radius 3 is 1.76 bits per heavy atom. The third kappa shape index (κ3) is 10.6. The van der Waals surface area contributed by atoms with Crippen molar-refractivity contribution in [1.29, 1.82) is 0 Å². The number of unbranched alkanes of at least 4 members (excludes halogenated alkanes) is 10. The van der Waals surface area contributed by atoms with Crippen molar-refractivity contribution in [3.8, 4) is 0 Å². The molecule has 0 amide bonds. The van der Waals surface area contributed by atoms with Crippen LogP contribution in [0, 0.1) is 0 Å². The Bertz CT molecular complexity index is 641. The van der Waals surface area contributed by atoms with Crippen LogP contribution in [0.1, 0.15) is 90.4 Å². The summed E-state index contributed by atoms with van der Waals surface area (Å²) in [6.45, 7) is 9.78. The normalized spacial score (nSPS) is 19.5. The molecule has 0 saturated carbocycles. The second-order valence-corrected chi connectivity index (χ2v) is 16.4. The van der Waals surface area contributed by atoms with Crippen molar-refractivity contribution in [2.24, 2.45) is 0 Å². The maximum atomic E-state index is 12.1. The number of cyclic esters (lactones) is 1. The lowest BCUT2D eigenvalue weighted by atomic mass is 9.98. The van der Waals surface area contributed by atoms with E-state index in [-0.39, 0.29) is 6.42 Å². The van der Waals surface area contributed by atoms with Gasteiger partial charge < -0.3 is 25.2 Å². The molecule has 0 aliphatic carbocycles. The molecule has 2 unspecified atom stereocenters. The van der Waals surface area contributed by atoms with E-state index in [9.17, 15) is 30.0 Å². The van der Waals surface area contributed by atoms with Crippen LogP contribution in [0.3, 0.4) is 0 Å². The second kappa shape index (κ2) is 14.8. The molecule has 8 heteroatoms. The molecule has 4 atom stereocenters. The highest BCUT2D eigenvalue weighted by molar-refractivity contribution is 6.77. The summed E-state index contributed by atoms with van der Waals surface area (Å²) in [5.74, 6) is -3.64. The predicted molar refractivity (Wildman–Crippen MR) is 132 cm³/mol. The van der Waals surface area contributed by atoms with E-state index in [1.165, 1.54) is 51.4 Å². The van der Waals surface area contributed by atoms with Crippen LogP contribution < -0.4 is 0 Å². The van der Waals surface area contributed by atoms with Crippen molar-refractivity contribution in [2.75, 3.05) is 0 Å². The monoisotopic (exact) mass is 486 g/mol. The molecule has 0 bridgehead atoms. The van der Waals surface area contributed by atoms with Crippen LogP contribution >= 0.6 is 0 Å². The molecule has 0 aromatic heterocycles. The number of Topliss-reactive ketones (excluding diaryl/α,β-unsaturated/α-hetero) is 1. The van der Waals surface area contributed by atoms with Gasteiger partial charge in [-0.3, -0.25) is 4.79 Å². The molecule has 0 spiro atoms. The zero-order chi connectivity index (χ0) is 25.0. The number of esters is 1. The van der Waals surface area contributed by atoms with Gasteiger partial charge in [0.15, 0.2) is 17.6 Å². The van der Waals surface area contributed by atoms with E-state index in [2.05, 4.69) is 31.3 Å². The number of ether oxygens (including phenoxy) is 1. The van der Waals surface area contributed by atoms with Crippen LogP contribution in [0.25, 0.3) is 0 Å². The van der Waals surface area contributed by atoms with Crippen LogP contribution in [0.5, 0.6) is 0 Å². The molecule has 1 aliphatic heterocycles. The Labute approximate surface area is 200 Å². The van der Waals surface area contributed by atoms with E-state index in [0.29, 0.717) is 6.42 Å². The van der Waals surface area contributed by atoms with E-state index in [4.69, 9.17) is 0 Å². The molecule has 1 aliphatic rings. The molecular weight excluding hydrogens is 440 g/mol. The minimum Gasteiger partial charge on any atom is -0.505 e. The number of hydrogen-bond donors (Lipinski definition) is 4. The van der Waals surface area contributed by atoms with Gasteiger partial charge >= 0.3 is 5.97 Å². The largest absolute Gasteiger partial charge is 0.505 e. The Morgan fingerprint density at radius 1 is 0.879 bits per heavy atom. The minimum atomic E-state index is -1.81. The van der Waals surface area contributed by atoms with E-state index in [1.807, 2.05) is 0 Å². The molecule has 0 saturated heterocycles. The molecule has 33 heavy (non-hydrogen) atoms. The molecule has 0 aromatic carbocycles. The average molecular weight is 487 g/mol. The fraction of sp³-hybridized carbons (Fsp3) is 0.840. The average Bonchev–Trinajstić information content (AvgIpc) is 3.02. The van der Waals surface area contributed by atoms with Crippen LogP contribution in [0.2, 0.25) is 25.2 Å². The number of rotatable bonds is 18. The number of aliphatic hydroxyl groups excluding tert-OH is 4. The molecule has 1 rings (SSSR count). The fourth-order valence-corrected chi connectivity index (χ4v) is 5.05. The van der Waals surface area contributed by atoms with Gasteiger partial charge in [-0.2, -0.15) is 0 Å². The first-order valence-corrected chi connectivity index (χ1v) is 16.3. The Balaban J connectivity index is 2.00. The second-order valence-electron chi connectivity index (χ2n) is 10.7. The Hall–Kier alpha value is -1.38. The third-order valence-electron chi connectivity index (χ3n) is 6.94. The highest BCUT2D eigenvalue weighted by Crippen LogP contribution is 2.27. The lowest BCUT2D eigenvalue weighted by Gasteiger charge is -2.24. The van der Waals surface area contributed by atoms with Crippen LogP contribution in [0.15, 0.2) is 11.5 Å². The summed E-state index contributed by atoms with van der Waals surface area (Å²) in [7, 11) is -0.968. The third-order valence-corrected chi connectivity index (χ3v) is 10.2. The summed E-state index contributed by atoms with van der Waals surface area (Å²) in [6.07, 6.45) is 9.00. The van der Waals surface area contributed by atoms with Crippen LogP contribution in [-0.4, -0.2) is 58.6 Å². The summed E-state index contributed by atoms with van der Waals surface area (Å²) in [5.41, 5.74) is 0.910. The van der Waals surface area contributed by atoms with Crippen LogP contribution in [-0.2, 0) is 14.3 Å². The van der Waals surface area contributed by atoms with Gasteiger partial charge in [0, 0.05) is 14.5 Å². The molecule has 1 heterocycles. The van der Waals surface area contributed by atoms with Crippen LogP contribution in [0.4, 0.5) is 0 Å². The molecule has 0 fully saturated rings. The lowest BCUT2D eigenvalue weighted by Crippen LogP contribution is -2.43. The van der Waals surface area contributed by atoms with E-state index in [1.54, 1.807) is 0 Å². The van der Waals surface area contributed by atoms with Crippen molar-refractivity contribution in [1.82, 2.24) is 0 Å². The number of ketones is 1. The zero-order valence-corrected chi connectivity index (χ0v) is 22.0. The van der Waals surface area contributed by atoms with Crippen molar-refractivity contribution >= 4 is 19.8 Å². The van der Waals surface area contributed by atoms with Crippen molar-refractivity contribution in [3.63, 3.8) is 0 Å². The van der Waals surface area contributed by atoms with E-state index in [0.717, 1.165) is 24.8 Å². The number of carbonyl (C=O) groups excluding carboxylic acids is 2. The summed E-state index contributed by atoms with van der Waals surface area (Å²) in [5, 5.41) is 38.8. The van der Waals surface area contributed by atoms with Gasteiger partial charge in [-0.05, 0) is 12.0 Å². The number of hydrogen-bond acceptors (Lipinski definition) is 7. The van der Waals surface area contributed by atoms with Gasteiger partial charge in [-0.25, -0.2) is 4.79 Å². The predicted octanol–water partition coefficient (Wildman–Crippen LogP) is 5.33. The van der Waals surface area contributed by atoms with Gasteiger partial charge in [0.2, 0.25) is 5.76 Å². The first-order valence-electron chi connectivity index (χ1n) is 12.7. The molecule has 7 nitrogen and oxygen atoms in total. The number of aliphatic hydroxyl groups is 4. The summed E-state index contributed by atoms with van der Waals surface area (Å²) in [6, 6.07) is 0. The minimum absolute atomic E-state index is 0.103. The van der Waals surface area contributed by atoms with E-state index < -0.39 is 49.7 Å². The Kier molecular flexibility index (Phi) is 13.3. The maximum absolute atomic E-state index is 12.1. The van der Waals surface area contributed by atoms with Gasteiger partial charge in [-0.15, -0.1) is 0 Å². The summed E-state index contributed by atoms with van der Waals surface area (Å²) < 4.78 is 4.58. The standard InChI is InChI=1S/C25H46O7Si/c1-18(33(2,3)4)16-14-12-10-8-6-5-7-9-11-13-15-17-19(26)20(27)21(28)24-22(29)23(30)25(31)32-24/h18,20-21,24,27-30H,5-17H2,1-4H3/t18?,20?,21-,24+/m0/s1. The summed E-state index contributed by atoms with van der Waals surface area (Å²) >= 11 is 0. The van der Waals surface area contributed by atoms with Crippen molar-refractivity contribution in [2.45, 2.75) is 134 Å². The molecular formula is C25H46O7Si. The highest BCUT2D eigenvalue weighted by atomic mass is 28.3. The smallest absolute Gasteiger partial charge is 0.377 e. The molecule has 0 aromatic rings. The molecule has 4 N–H and O–H groups in total. The van der Waals surface area contributed by atoms with Crippen molar-refractivity contribution < 1.29 is 34.8 Å².